The molecule has 8 heteroatoms. The topological polar surface area (TPSA) is 60.7 Å². The summed E-state index contributed by atoms with van der Waals surface area (Å²) in [5.41, 5.74) is 0.574. The molecule has 0 spiro atoms. The average molecular weight is 350 g/mol. The van der Waals surface area contributed by atoms with Crippen LogP contribution in [0.15, 0.2) is 18.5 Å². The van der Waals surface area contributed by atoms with Gasteiger partial charge in [0.25, 0.3) is 0 Å². The van der Waals surface area contributed by atoms with E-state index in [1.54, 1.807) is 0 Å². The van der Waals surface area contributed by atoms with Gasteiger partial charge in [0.05, 0.1) is 5.69 Å². The summed E-state index contributed by atoms with van der Waals surface area (Å²) in [6.07, 6.45) is -2.41. The van der Waals surface area contributed by atoms with Crippen molar-refractivity contribution in [3.8, 4) is 11.4 Å². The summed E-state index contributed by atoms with van der Waals surface area (Å²) >= 11 is 0. The van der Waals surface area contributed by atoms with Crippen molar-refractivity contribution in [1.29, 1.82) is 0 Å². The minimum atomic E-state index is -4.52. The fraction of sp³-hybridized carbons (Fsp3) is 0.529. The van der Waals surface area contributed by atoms with Gasteiger partial charge in [0.15, 0.2) is 0 Å². The number of carbonyl (C=O) groups excluding carboxylic acids is 1. The Morgan fingerprint density at radius 3 is 2.40 bits per heavy atom. The number of Topliss-reactive ketones (excluding diaryl/α,β-unsaturated/α-hetero) is 1. The molecular formula is C17H17F3N4O. The van der Waals surface area contributed by atoms with Gasteiger partial charge in [-0.2, -0.15) is 18.3 Å². The van der Waals surface area contributed by atoms with Crippen LogP contribution >= 0.6 is 0 Å². The van der Waals surface area contributed by atoms with Gasteiger partial charge in [-0.3, -0.25) is 9.48 Å². The van der Waals surface area contributed by atoms with E-state index in [1.165, 1.54) is 0 Å². The number of nitrogens with zero attached hydrogens (tertiary/aromatic N) is 4. The summed E-state index contributed by atoms with van der Waals surface area (Å²) in [5.74, 6) is 1.27. The zero-order valence-electron chi connectivity index (χ0n) is 13.8. The van der Waals surface area contributed by atoms with Crippen molar-refractivity contribution < 1.29 is 18.0 Å². The number of hydrogen-bond acceptors (Lipinski definition) is 4. The molecule has 2 saturated carbocycles. The van der Waals surface area contributed by atoms with E-state index in [9.17, 15) is 18.0 Å². The van der Waals surface area contributed by atoms with Crippen molar-refractivity contribution in [1.82, 2.24) is 19.7 Å². The Hall–Kier alpha value is -2.25. The Kier molecular flexibility index (Phi) is 3.49. The minimum absolute atomic E-state index is 0.0738. The Labute approximate surface area is 142 Å². The standard InChI is InChI=1S/C17H17F3N4O/c1-8(2)24-14(16-10-3-9(25)4-11(10)16)5-13(23-24)12-6-15(17(18,19)20)22-7-21-12/h5-8,10-11,16H,3-4H2,1-2H3. The van der Waals surface area contributed by atoms with E-state index in [-0.39, 0.29) is 17.7 Å². The SMILES string of the molecule is CC(C)n1nc(-c2cc(C(F)(F)F)ncn2)cc1C1C2CC(=O)CC21. The van der Waals surface area contributed by atoms with Gasteiger partial charge < -0.3 is 0 Å². The van der Waals surface area contributed by atoms with Crippen LogP contribution in [0, 0.1) is 11.8 Å². The lowest BCUT2D eigenvalue weighted by Crippen LogP contribution is -2.09. The number of carbonyl (C=O) groups is 1. The maximum Gasteiger partial charge on any atom is 0.433 e. The molecule has 2 aliphatic carbocycles. The Bertz CT molecular complexity index is 829. The van der Waals surface area contributed by atoms with E-state index in [0.717, 1.165) is 18.1 Å². The first kappa shape index (κ1) is 16.2. The van der Waals surface area contributed by atoms with Crippen molar-refractivity contribution in [2.24, 2.45) is 11.8 Å². The highest BCUT2D eigenvalue weighted by molar-refractivity contribution is 5.83. The maximum atomic E-state index is 12.9. The number of hydrogen-bond donors (Lipinski definition) is 0. The van der Waals surface area contributed by atoms with Gasteiger partial charge in [-0.1, -0.05) is 0 Å². The third-order valence-corrected chi connectivity index (χ3v) is 5.07. The molecule has 25 heavy (non-hydrogen) atoms. The van der Waals surface area contributed by atoms with Crippen LogP contribution in [-0.2, 0) is 11.0 Å². The molecule has 132 valence electrons. The van der Waals surface area contributed by atoms with Crippen LogP contribution < -0.4 is 0 Å². The Morgan fingerprint density at radius 1 is 1.12 bits per heavy atom. The zero-order valence-corrected chi connectivity index (χ0v) is 13.8. The zero-order chi connectivity index (χ0) is 17.9. The number of halogens is 3. The molecular weight excluding hydrogens is 333 g/mol. The molecule has 0 N–H and O–H groups in total. The Morgan fingerprint density at radius 2 is 1.80 bits per heavy atom. The first-order valence-electron chi connectivity index (χ1n) is 8.26. The number of fused-ring (bicyclic) bond motifs is 1. The average Bonchev–Trinajstić information content (AvgIpc) is 2.90. The molecule has 2 fully saturated rings. The van der Waals surface area contributed by atoms with Crippen molar-refractivity contribution in [2.45, 2.75) is 44.8 Å². The lowest BCUT2D eigenvalue weighted by Gasteiger charge is -2.11. The third-order valence-electron chi connectivity index (χ3n) is 5.07. The van der Waals surface area contributed by atoms with Gasteiger partial charge in [-0.15, -0.1) is 0 Å². The van der Waals surface area contributed by atoms with E-state index in [0.29, 0.717) is 36.2 Å². The van der Waals surface area contributed by atoms with Crippen LogP contribution in [0.25, 0.3) is 11.4 Å². The van der Waals surface area contributed by atoms with Crippen molar-refractivity contribution in [3.05, 3.63) is 29.8 Å². The van der Waals surface area contributed by atoms with Crippen LogP contribution in [0.1, 0.15) is 50.0 Å². The highest BCUT2D eigenvalue weighted by Gasteiger charge is 2.57. The predicted octanol–water partition coefficient (Wildman–Crippen LogP) is 3.63. The van der Waals surface area contributed by atoms with Crippen molar-refractivity contribution in [3.63, 3.8) is 0 Å². The molecule has 0 amide bonds. The molecule has 0 saturated heterocycles. The summed E-state index contributed by atoms with van der Waals surface area (Å²) in [4.78, 5) is 18.7. The Balaban J connectivity index is 1.70. The number of aromatic nitrogens is 4. The van der Waals surface area contributed by atoms with Gasteiger partial charge in [-0.25, -0.2) is 9.97 Å². The molecule has 2 heterocycles. The van der Waals surface area contributed by atoms with Crippen molar-refractivity contribution >= 4 is 5.78 Å². The molecule has 0 aromatic carbocycles. The van der Waals surface area contributed by atoms with E-state index in [4.69, 9.17) is 0 Å². The molecule has 5 nitrogen and oxygen atoms in total. The molecule has 2 aromatic rings. The molecule has 2 atom stereocenters. The van der Waals surface area contributed by atoms with Gasteiger partial charge in [0.2, 0.25) is 0 Å². The summed E-state index contributed by atoms with van der Waals surface area (Å²) < 4.78 is 40.5. The summed E-state index contributed by atoms with van der Waals surface area (Å²) in [5, 5.41) is 4.48. The van der Waals surface area contributed by atoms with Crippen LogP contribution in [0.5, 0.6) is 0 Å². The summed E-state index contributed by atoms with van der Waals surface area (Å²) in [6, 6.07) is 2.81. The van der Waals surface area contributed by atoms with Crippen molar-refractivity contribution in [2.75, 3.05) is 0 Å². The lowest BCUT2D eigenvalue weighted by molar-refractivity contribution is -0.141. The second-order valence-electron chi connectivity index (χ2n) is 7.08. The predicted molar refractivity (Wildman–Crippen MR) is 82.6 cm³/mol. The monoisotopic (exact) mass is 350 g/mol. The molecule has 2 aliphatic rings. The normalized spacial score (nSPS) is 25.5. The van der Waals surface area contributed by atoms with E-state index in [1.807, 2.05) is 24.6 Å². The van der Waals surface area contributed by atoms with Gasteiger partial charge in [-0.05, 0) is 37.8 Å². The summed E-state index contributed by atoms with van der Waals surface area (Å²) in [7, 11) is 0. The maximum absolute atomic E-state index is 12.9. The molecule has 2 unspecified atom stereocenters. The van der Waals surface area contributed by atoms with Crippen LogP contribution in [0.4, 0.5) is 13.2 Å². The van der Waals surface area contributed by atoms with Crippen LogP contribution in [0.2, 0.25) is 0 Å². The number of rotatable bonds is 3. The molecule has 0 bridgehead atoms. The minimum Gasteiger partial charge on any atom is -0.300 e. The molecule has 0 aliphatic heterocycles. The van der Waals surface area contributed by atoms with Gasteiger partial charge in [0, 0.05) is 30.5 Å². The highest BCUT2D eigenvalue weighted by atomic mass is 19.4. The van der Waals surface area contributed by atoms with E-state index in [2.05, 4.69) is 15.1 Å². The molecule has 4 rings (SSSR count). The molecule has 2 aromatic heterocycles. The first-order valence-corrected chi connectivity index (χ1v) is 8.26. The second-order valence-corrected chi connectivity index (χ2v) is 7.08. The number of ketones is 1. The van der Waals surface area contributed by atoms with E-state index < -0.39 is 11.9 Å². The fourth-order valence-electron chi connectivity index (χ4n) is 3.90. The van der Waals surface area contributed by atoms with Gasteiger partial charge >= 0.3 is 6.18 Å². The smallest absolute Gasteiger partial charge is 0.300 e. The second kappa shape index (κ2) is 5.37. The highest BCUT2D eigenvalue weighted by Crippen LogP contribution is 2.62. The quantitative estimate of drug-likeness (QED) is 0.848. The van der Waals surface area contributed by atoms with Crippen LogP contribution in [0.3, 0.4) is 0 Å². The fourth-order valence-corrected chi connectivity index (χ4v) is 3.90. The lowest BCUT2D eigenvalue weighted by atomic mass is 10.1. The summed E-state index contributed by atoms with van der Waals surface area (Å²) in [6.45, 7) is 3.95. The van der Waals surface area contributed by atoms with E-state index >= 15 is 0 Å². The number of alkyl halides is 3. The first-order chi connectivity index (χ1) is 11.8. The largest absolute Gasteiger partial charge is 0.433 e. The molecule has 0 radical (unpaired) electrons. The van der Waals surface area contributed by atoms with Crippen LogP contribution in [-0.4, -0.2) is 25.5 Å². The van der Waals surface area contributed by atoms with Gasteiger partial charge in [0.1, 0.15) is 23.5 Å². The third kappa shape index (κ3) is 2.73.